The van der Waals surface area contributed by atoms with Crippen molar-refractivity contribution in [1.82, 2.24) is 9.21 Å². The first-order valence-corrected chi connectivity index (χ1v) is 11.5. The van der Waals surface area contributed by atoms with Gasteiger partial charge in [0.05, 0.1) is 24.2 Å². The van der Waals surface area contributed by atoms with Gasteiger partial charge in [0, 0.05) is 37.5 Å². The number of carbonyl (C=O) groups is 1. The van der Waals surface area contributed by atoms with E-state index in [1.165, 1.54) is 11.4 Å². The van der Waals surface area contributed by atoms with Crippen LogP contribution in [0.15, 0.2) is 53.4 Å². The molecule has 1 spiro atoms. The molecule has 2 fully saturated rings. The predicted molar refractivity (Wildman–Crippen MR) is 112 cm³/mol. The van der Waals surface area contributed by atoms with Gasteiger partial charge in [-0.1, -0.05) is 29.8 Å². The maximum absolute atomic E-state index is 13.2. The van der Waals surface area contributed by atoms with Crippen molar-refractivity contribution in [2.24, 2.45) is 0 Å². The summed E-state index contributed by atoms with van der Waals surface area (Å²) in [5, 5.41) is 0.451. The Balaban J connectivity index is 1.54. The molecule has 30 heavy (non-hydrogen) atoms. The number of benzene rings is 2. The Hall–Kier alpha value is -2.13. The molecule has 0 N–H and O–H groups in total. The molecule has 7 nitrogen and oxygen atoms in total. The van der Waals surface area contributed by atoms with E-state index in [0.29, 0.717) is 55.4 Å². The van der Waals surface area contributed by atoms with E-state index < -0.39 is 15.7 Å². The van der Waals surface area contributed by atoms with Crippen molar-refractivity contribution in [3.8, 4) is 5.75 Å². The first-order chi connectivity index (χ1) is 14.4. The van der Waals surface area contributed by atoms with Crippen molar-refractivity contribution in [2.75, 3.05) is 33.4 Å². The standard InChI is InChI=1S/C21H23ClN2O5S/c1-28-19-8-7-16(22)15-18(19)20(25)23-11-9-21(10-12-23)24(13-14-29-21)30(26,27)17-5-3-2-4-6-17/h2-8,15H,9-14H2,1H3. The number of amides is 1. The van der Waals surface area contributed by atoms with Crippen LogP contribution in [0.2, 0.25) is 5.02 Å². The van der Waals surface area contributed by atoms with E-state index in [2.05, 4.69) is 0 Å². The number of likely N-dealkylation sites (tertiary alicyclic amines) is 1. The lowest BCUT2D eigenvalue weighted by molar-refractivity contribution is -0.0857. The van der Waals surface area contributed by atoms with Crippen LogP contribution in [-0.2, 0) is 14.8 Å². The summed E-state index contributed by atoms with van der Waals surface area (Å²) in [6, 6.07) is 13.3. The number of halogens is 1. The molecule has 0 bridgehead atoms. The van der Waals surface area contributed by atoms with Crippen molar-refractivity contribution < 1.29 is 22.7 Å². The van der Waals surface area contributed by atoms with Crippen LogP contribution >= 0.6 is 11.6 Å². The number of sulfonamides is 1. The number of ether oxygens (including phenoxy) is 2. The molecule has 0 unspecified atom stereocenters. The summed E-state index contributed by atoms with van der Waals surface area (Å²) in [6.07, 6.45) is 0.793. The lowest BCUT2D eigenvalue weighted by Crippen LogP contribution is -2.55. The largest absolute Gasteiger partial charge is 0.496 e. The third-order valence-electron chi connectivity index (χ3n) is 5.67. The number of rotatable bonds is 4. The average Bonchev–Trinajstić information content (AvgIpc) is 3.18. The zero-order valence-electron chi connectivity index (χ0n) is 16.6. The molecular weight excluding hydrogens is 428 g/mol. The quantitative estimate of drug-likeness (QED) is 0.715. The first kappa shape index (κ1) is 21.1. The molecule has 0 radical (unpaired) electrons. The number of carbonyl (C=O) groups excluding carboxylic acids is 1. The molecule has 0 saturated carbocycles. The van der Waals surface area contributed by atoms with Crippen LogP contribution in [0.25, 0.3) is 0 Å². The minimum absolute atomic E-state index is 0.195. The molecule has 160 valence electrons. The SMILES string of the molecule is COc1ccc(Cl)cc1C(=O)N1CCC2(CC1)OCCN2S(=O)(=O)c1ccccc1. The zero-order chi connectivity index (χ0) is 21.4. The smallest absolute Gasteiger partial charge is 0.257 e. The van der Waals surface area contributed by atoms with Gasteiger partial charge in [-0.25, -0.2) is 8.42 Å². The van der Waals surface area contributed by atoms with Crippen LogP contribution < -0.4 is 4.74 Å². The van der Waals surface area contributed by atoms with Gasteiger partial charge in [0.1, 0.15) is 11.5 Å². The van der Waals surface area contributed by atoms with Gasteiger partial charge in [-0.2, -0.15) is 4.31 Å². The fraction of sp³-hybridized carbons (Fsp3) is 0.381. The normalized spacial score (nSPS) is 19.2. The number of hydrogen-bond donors (Lipinski definition) is 0. The van der Waals surface area contributed by atoms with Crippen molar-refractivity contribution in [2.45, 2.75) is 23.5 Å². The second-order valence-electron chi connectivity index (χ2n) is 7.32. The van der Waals surface area contributed by atoms with E-state index in [-0.39, 0.29) is 10.8 Å². The summed E-state index contributed by atoms with van der Waals surface area (Å²) in [5.41, 5.74) is -0.536. The van der Waals surface area contributed by atoms with Gasteiger partial charge < -0.3 is 14.4 Å². The molecule has 2 aromatic rings. The van der Waals surface area contributed by atoms with Crippen molar-refractivity contribution in [3.63, 3.8) is 0 Å². The molecule has 2 aliphatic rings. The second kappa shape index (κ2) is 8.19. The van der Waals surface area contributed by atoms with E-state index in [1.54, 1.807) is 53.4 Å². The summed E-state index contributed by atoms with van der Waals surface area (Å²) >= 11 is 6.06. The predicted octanol–water partition coefficient (Wildman–Crippen LogP) is 3.00. The number of methoxy groups -OCH3 is 1. The summed E-state index contributed by atoms with van der Waals surface area (Å²) in [4.78, 5) is 15.0. The Morgan fingerprint density at radius 2 is 1.80 bits per heavy atom. The summed E-state index contributed by atoms with van der Waals surface area (Å²) < 4.78 is 39.1. The molecular formula is C21H23ClN2O5S. The van der Waals surface area contributed by atoms with E-state index in [1.807, 2.05) is 0 Å². The monoisotopic (exact) mass is 450 g/mol. The highest BCUT2D eigenvalue weighted by atomic mass is 35.5. The Labute approximate surface area is 181 Å². The molecule has 9 heteroatoms. The highest BCUT2D eigenvalue weighted by Crippen LogP contribution is 2.39. The lowest BCUT2D eigenvalue weighted by atomic mass is 9.99. The molecule has 0 atom stereocenters. The maximum atomic E-state index is 13.2. The van der Waals surface area contributed by atoms with E-state index in [9.17, 15) is 13.2 Å². The van der Waals surface area contributed by atoms with Crippen LogP contribution in [0.3, 0.4) is 0 Å². The van der Waals surface area contributed by atoms with Crippen molar-refractivity contribution in [3.05, 3.63) is 59.1 Å². The summed E-state index contributed by atoms with van der Waals surface area (Å²) in [7, 11) is -2.18. The van der Waals surface area contributed by atoms with Gasteiger partial charge in [0.2, 0.25) is 10.0 Å². The molecule has 4 rings (SSSR count). The van der Waals surface area contributed by atoms with Gasteiger partial charge in [-0.15, -0.1) is 0 Å². The van der Waals surface area contributed by atoms with Gasteiger partial charge in [0.25, 0.3) is 5.91 Å². The molecule has 2 aliphatic heterocycles. The maximum Gasteiger partial charge on any atom is 0.257 e. The minimum atomic E-state index is -3.69. The van der Waals surface area contributed by atoms with Crippen LogP contribution in [-0.4, -0.2) is 62.6 Å². The average molecular weight is 451 g/mol. The Morgan fingerprint density at radius 1 is 1.10 bits per heavy atom. The molecule has 2 saturated heterocycles. The van der Waals surface area contributed by atoms with Crippen LogP contribution in [0, 0.1) is 0 Å². The van der Waals surface area contributed by atoms with E-state index >= 15 is 0 Å². The Kier molecular flexibility index (Phi) is 5.76. The fourth-order valence-corrected chi connectivity index (χ4v) is 6.04. The fourth-order valence-electron chi connectivity index (χ4n) is 4.12. The summed E-state index contributed by atoms with van der Waals surface area (Å²) in [6.45, 7) is 1.38. The number of piperidine rings is 1. The minimum Gasteiger partial charge on any atom is -0.496 e. The van der Waals surface area contributed by atoms with Crippen molar-refractivity contribution >= 4 is 27.5 Å². The third kappa shape index (κ3) is 3.69. The Morgan fingerprint density at radius 3 is 2.47 bits per heavy atom. The Bertz CT molecular complexity index is 1040. The molecule has 1 amide bonds. The van der Waals surface area contributed by atoms with Gasteiger partial charge in [0.15, 0.2) is 0 Å². The molecule has 0 aromatic heterocycles. The van der Waals surface area contributed by atoms with E-state index in [4.69, 9.17) is 21.1 Å². The van der Waals surface area contributed by atoms with Crippen LogP contribution in [0.1, 0.15) is 23.2 Å². The molecule has 0 aliphatic carbocycles. The van der Waals surface area contributed by atoms with Crippen LogP contribution in [0.4, 0.5) is 0 Å². The lowest BCUT2D eigenvalue weighted by Gasteiger charge is -2.42. The van der Waals surface area contributed by atoms with Gasteiger partial charge in [-0.05, 0) is 30.3 Å². The van der Waals surface area contributed by atoms with Crippen molar-refractivity contribution in [1.29, 1.82) is 0 Å². The number of hydrogen-bond acceptors (Lipinski definition) is 5. The van der Waals surface area contributed by atoms with Crippen LogP contribution in [0.5, 0.6) is 5.75 Å². The topological polar surface area (TPSA) is 76.2 Å². The first-order valence-electron chi connectivity index (χ1n) is 9.72. The van der Waals surface area contributed by atoms with E-state index in [0.717, 1.165) is 0 Å². The molecule has 2 heterocycles. The second-order valence-corrected chi connectivity index (χ2v) is 9.62. The van der Waals surface area contributed by atoms with Gasteiger partial charge >= 0.3 is 0 Å². The number of nitrogens with zero attached hydrogens (tertiary/aromatic N) is 2. The highest BCUT2D eigenvalue weighted by Gasteiger charge is 2.51. The summed E-state index contributed by atoms with van der Waals surface area (Å²) in [5.74, 6) is 0.259. The molecule has 2 aromatic carbocycles. The third-order valence-corrected chi connectivity index (χ3v) is 7.87. The zero-order valence-corrected chi connectivity index (χ0v) is 18.2. The van der Waals surface area contributed by atoms with Gasteiger partial charge in [-0.3, -0.25) is 4.79 Å². The highest BCUT2D eigenvalue weighted by molar-refractivity contribution is 7.89.